The molecule has 1 aromatic rings. The summed E-state index contributed by atoms with van der Waals surface area (Å²) in [4.78, 5) is 21.2. The van der Waals surface area contributed by atoms with Gasteiger partial charge in [0.25, 0.3) is 0 Å². The van der Waals surface area contributed by atoms with E-state index in [-0.39, 0.29) is 18.7 Å². The molecule has 1 aromatic carbocycles. The maximum absolute atomic E-state index is 11.3. The van der Waals surface area contributed by atoms with E-state index < -0.39 is 0 Å². The first-order valence-corrected chi connectivity index (χ1v) is 5.01. The molecule has 0 aliphatic heterocycles. The van der Waals surface area contributed by atoms with Crippen molar-refractivity contribution in [1.29, 1.82) is 0 Å². The Morgan fingerprint density at radius 2 is 2.07 bits per heavy atom. The summed E-state index contributed by atoms with van der Waals surface area (Å²) in [5.74, 6) is -0.0829. The first-order valence-electron chi connectivity index (χ1n) is 4.26. The fourth-order valence-corrected chi connectivity index (χ4v) is 1.42. The molecule has 1 N–H and O–H groups in total. The average molecular weight is 246 g/mol. The van der Waals surface area contributed by atoms with Gasteiger partial charge >= 0.3 is 0 Å². The van der Waals surface area contributed by atoms with Crippen LogP contribution in [0.5, 0.6) is 0 Å². The lowest BCUT2D eigenvalue weighted by Gasteiger charge is -2.02. The van der Waals surface area contributed by atoms with Gasteiger partial charge < -0.3 is 5.32 Å². The Morgan fingerprint density at radius 1 is 1.33 bits per heavy atom. The quantitative estimate of drug-likeness (QED) is 0.806. The van der Waals surface area contributed by atoms with Crippen LogP contribution in [0.25, 0.3) is 0 Å². The highest BCUT2D eigenvalue weighted by atomic mass is 35.5. The molecular formula is C10H9Cl2NO2. The number of halogens is 2. The molecule has 0 bridgehead atoms. The van der Waals surface area contributed by atoms with Crippen LogP contribution in [0.1, 0.15) is 5.56 Å². The van der Waals surface area contributed by atoms with Crippen molar-refractivity contribution < 1.29 is 9.59 Å². The number of hydrogen-bond donors (Lipinski definition) is 1. The van der Waals surface area contributed by atoms with E-state index in [4.69, 9.17) is 23.2 Å². The monoisotopic (exact) mass is 245 g/mol. The van der Waals surface area contributed by atoms with Crippen LogP contribution in [-0.2, 0) is 16.0 Å². The molecule has 0 fully saturated rings. The van der Waals surface area contributed by atoms with Crippen molar-refractivity contribution in [3.8, 4) is 0 Å². The molecule has 0 aromatic heterocycles. The second-order valence-electron chi connectivity index (χ2n) is 2.96. The lowest BCUT2D eigenvalue weighted by molar-refractivity contribution is -0.119. The molecule has 0 spiro atoms. The van der Waals surface area contributed by atoms with Crippen LogP contribution in [0, 0.1) is 0 Å². The molecule has 5 heteroatoms. The first-order chi connectivity index (χ1) is 7.13. The van der Waals surface area contributed by atoms with E-state index >= 15 is 0 Å². The van der Waals surface area contributed by atoms with Crippen molar-refractivity contribution in [2.75, 3.05) is 6.54 Å². The van der Waals surface area contributed by atoms with Gasteiger partial charge in [0.15, 0.2) is 5.78 Å². The van der Waals surface area contributed by atoms with Gasteiger partial charge in [0.05, 0.1) is 16.6 Å². The maximum atomic E-state index is 11.3. The van der Waals surface area contributed by atoms with Gasteiger partial charge in [0.1, 0.15) is 0 Å². The van der Waals surface area contributed by atoms with Gasteiger partial charge in [-0.3, -0.25) is 9.59 Å². The number of rotatable bonds is 5. The van der Waals surface area contributed by atoms with E-state index in [1.807, 2.05) is 0 Å². The summed E-state index contributed by atoms with van der Waals surface area (Å²) >= 11 is 11.5. The zero-order valence-electron chi connectivity index (χ0n) is 7.80. The highest BCUT2D eigenvalue weighted by Crippen LogP contribution is 2.22. The van der Waals surface area contributed by atoms with Gasteiger partial charge in [-0.05, 0) is 17.7 Å². The van der Waals surface area contributed by atoms with Crippen LogP contribution >= 0.6 is 23.2 Å². The summed E-state index contributed by atoms with van der Waals surface area (Å²) in [6.07, 6.45) is 0.727. The highest BCUT2D eigenvalue weighted by molar-refractivity contribution is 6.42. The normalized spacial score (nSPS) is 9.73. The molecule has 15 heavy (non-hydrogen) atoms. The Labute approximate surface area is 97.4 Å². The lowest BCUT2D eigenvalue weighted by atomic mass is 10.1. The van der Waals surface area contributed by atoms with Crippen molar-refractivity contribution in [3.05, 3.63) is 33.8 Å². The second-order valence-corrected chi connectivity index (χ2v) is 3.78. The number of carbonyl (C=O) groups is 2. The summed E-state index contributed by atoms with van der Waals surface area (Å²) in [6.45, 7) is 0.0315. The van der Waals surface area contributed by atoms with Gasteiger partial charge in [-0.25, -0.2) is 0 Å². The fourth-order valence-electron chi connectivity index (χ4n) is 1.10. The molecule has 1 amide bonds. The van der Waals surface area contributed by atoms with Crippen LogP contribution in [0.15, 0.2) is 18.2 Å². The molecule has 0 saturated heterocycles. The van der Waals surface area contributed by atoms with Crippen molar-refractivity contribution in [2.24, 2.45) is 0 Å². The van der Waals surface area contributed by atoms with Gasteiger partial charge in [-0.15, -0.1) is 0 Å². The number of carbonyl (C=O) groups excluding carboxylic acids is 2. The Hall–Kier alpha value is -1.06. The van der Waals surface area contributed by atoms with Crippen LogP contribution < -0.4 is 5.32 Å². The van der Waals surface area contributed by atoms with Crippen LogP contribution in [-0.4, -0.2) is 18.7 Å². The molecule has 0 aliphatic carbocycles. The third-order valence-corrected chi connectivity index (χ3v) is 2.51. The molecular weight excluding hydrogens is 237 g/mol. The van der Waals surface area contributed by atoms with Crippen molar-refractivity contribution in [3.63, 3.8) is 0 Å². The largest absolute Gasteiger partial charge is 0.352 e. The summed E-state index contributed by atoms with van der Waals surface area (Å²) in [5.41, 5.74) is 0.780. The molecule has 1 rings (SSSR count). The minimum atomic E-state index is -0.0829. The van der Waals surface area contributed by atoms with Crippen molar-refractivity contribution in [1.82, 2.24) is 5.32 Å². The molecule has 3 nitrogen and oxygen atoms in total. The van der Waals surface area contributed by atoms with E-state index in [1.165, 1.54) is 0 Å². The van der Waals surface area contributed by atoms with Crippen LogP contribution in [0.2, 0.25) is 10.0 Å². The van der Waals surface area contributed by atoms with E-state index in [0.717, 1.165) is 5.56 Å². The number of nitrogens with one attached hydrogen (secondary N) is 1. The molecule has 0 heterocycles. The third kappa shape index (κ3) is 3.90. The minimum Gasteiger partial charge on any atom is -0.352 e. The smallest absolute Gasteiger partial charge is 0.207 e. The lowest BCUT2D eigenvalue weighted by Crippen LogP contribution is -2.22. The molecule has 80 valence electrons. The van der Waals surface area contributed by atoms with E-state index in [0.29, 0.717) is 16.5 Å². The molecule has 0 unspecified atom stereocenters. The number of hydrogen-bond acceptors (Lipinski definition) is 2. The van der Waals surface area contributed by atoms with Crippen LogP contribution in [0.4, 0.5) is 0 Å². The van der Waals surface area contributed by atoms with Crippen molar-refractivity contribution >= 4 is 35.4 Å². The summed E-state index contributed by atoms with van der Waals surface area (Å²) < 4.78 is 0. The molecule has 0 aliphatic rings. The van der Waals surface area contributed by atoms with Gasteiger partial charge in [-0.1, -0.05) is 29.3 Å². The predicted molar refractivity (Wildman–Crippen MR) is 59.2 cm³/mol. The third-order valence-electron chi connectivity index (χ3n) is 1.77. The number of Topliss-reactive ketones (excluding diaryl/α,β-unsaturated/α-hetero) is 1. The van der Waals surface area contributed by atoms with Gasteiger partial charge in [-0.2, -0.15) is 0 Å². The Bertz CT molecular complexity index is 380. The minimum absolute atomic E-state index is 0.0315. The number of amides is 1. The number of ketones is 1. The van der Waals surface area contributed by atoms with E-state index in [9.17, 15) is 9.59 Å². The topological polar surface area (TPSA) is 46.2 Å². The summed E-state index contributed by atoms with van der Waals surface area (Å²) in [6, 6.07) is 5.01. The number of benzene rings is 1. The first kappa shape index (κ1) is 12.0. The average Bonchev–Trinajstić information content (AvgIpc) is 2.20. The summed E-state index contributed by atoms with van der Waals surface area (Å²) in [7, 11) is 0. The molecule has 0 atom stereocenters. The van der Waals surface area contributed by atoms with Crippen molar-refractivity contribution in [2.45, 2.75) is 6.42 Å². The van der Waals surface area contributed by atoms with E-state index in [2.05, 4.69) is 5.32 Å². The second kappa shape index (κ2) is 5.73. The van der Waals surface area contributed by atoms with Gasteiger partial charge in [0, 0.05) is 6.42 Å². The standard InChI is InChI=1S/C10H9Cl2NO2/c11-9-2-1-7(4-10(9)12)3-8(15)5-13-6-14/h1-2,4,6H,3,5H2,(H,13,14). The zero-order chi connectivity index (χ0) is 11.3. The fraction of sp³-hybridized carbons (Fsp3) is 0.200. The highest BCUT2D eigenvalue weighted by Gasteiger charge is 2.05. The Kier molecular flexibility index (Phi) is 4.59. The summed E-state index contributed by atoms with van der Waals surface area (Å²) in [5, 5.41) is 3.18. The SMILES string of the molecule is O=CNCC(=O)Cc1ccc(Cl)c(Cl)c1. The maximum Gasteiger partial charge on any atom is 0.207 e. The van der Waals surface area contributed by atoms with E-state index in [1.54, 1.807) is 18.2 Å². The predicted octanol–water partition coefficient (Wildman–Crippen LogP) is 1.85. The zero-order valence-corrected chi connectivity index (χ0v) is 9.31. The van der Waals surface area contributed by atoms with Gasteiger partial charge in [0.2, 0.25) is 6.41 Å². The molecule has 0 saturated carbocycles. The molecule has 0 radical (unpaired) electrons. The Morgan fingerprint density at radius 3 is 2.67 bits per heavy atom. The van der Waals surface area contributed by atoms with Crippen LogP contribution in [0.3, 0.4) is 0 Å². The Balaban J connectivity index is 2.60.